The molecular weight excluding hydrogens is 396 g/mol. The molecule has 0 saturated heterocycles. The fraction of sp³-hybridized carbons (Fsp3) is 0.348. The smallest absolute Gasteiger partial charge is 0.256 e. The van der Waals surface area contributed by atoms with Crippen molar-refractivity contribution in [2.75, 3.05) is 10.6 Å². The molecule has 0 saturated carbocycles. The summed E-state index contributed by atoms with van der Waals surface area (Å²) in [6, 6.07) is 7.41. The first kappa shape index (κ1) is 22.3. The number of aromatic amines is 1. The van der Waals surface area contributed by atoms with Crippen molar-refractivity contribution in [3.05, 3.63) is 46.8 Å². The summed E-state index contributed by atoms with van der Waals surface area (Å²) >= 11 is 0. The molecule has 2 aromatic rings. The second-order valence-electron chi connectivity index (χ2n) is 7.82. The monoisotopic (exact) mass is 424 g/mol. The summed E-state index contributed by atoms with van der Waals surface area (Å²) in [4.78, 5) is 38.9. The number of aromatic nitrogens is 1. The number of carbonyl (C=O) groups is 3. The normalized spacial score (nSPS) is 13.8. The molecule has 0 unspecified atom stereocenters. The number of fused-ring (bicyclic) bond motifs is 1. The van der Waals surface area contributed by atoms with Crippen LogP contribution in [0.4, 0.5) is 11.4 Å². The molecule has 0 atom stereocenters. The summed E-state index contributed by atoms with van der Waals surface area (Å²) in [6.45, 7) is 3.96. The van der Waals surface area contributed by atoms with Gasteiger partial charge in [0, 0.05) is 41.2 Å². The van der Waals surface area contributed by atoms with Crippen molar-refractivity contribution in [3.8, 4) is 0 Å². The second kappa shape index (κ2) is 10.1. The minimum Gasteiger partial charge on any atom is -0.359 e. The lowest BCUT2D eigenvalue weighted by Gasteiger charge is -2.07. The molecular formula is C23H28N4O4. The van der Waals surface area contributed by atoms with Crippen LogP contribution in [-0.2, 0) is 14.4 Å². The zero-order valence-electron chi connectivity index (χ0n) is 17.8. The van der Waals surface area contributed by atoms with Gasteiger partial charge < -0.3 is 15.6 Å². The van der Waals surface area contributed by atoms with E-state index in [0.717, 1.165) is 41.0 Å². The molecule has 1 aliphatic heterocycles. The lowest BCUT2D eigenvalue weighted by Crippen LogP contribution is -2.17. The molecule has 1 aliphatic rings. The number of aryl methyl sites for hydroxylation is 2. The minimum absolute atomic E-state index is 0.0910. The van der Waals surface area contributed by atoms with Gasteiger partial charge in [-0.15, -0.1) is 0 Å². The lowest BCUT2D eigenvalue weighted by atomic mass is 10.0. The predicted octanol–water partition coefficient (Wildman–Crippen LogP) is 3.91. The summed E-state index contributed by atoms with van der Waals surface area (Å²) < 4.78 is 0. The molecule has 164 valence electrons. The van der Waals surface area contributed by atoms with Crippen molar-refractivity contribution in [1.82, 2.24) is 10.5 Å². The molecule has 0 bridgehead atoms. The van der Waals surface area contributed by atoms with Crippen LogP contribution in [0.2, 0.25) is 0 Å². The molecule has 3 rings (SSSR count). The summed E-state index contributed by atoms with van der Waals surface area (Å²) in [5.41, 5.74) is 7.28. The topological polar surface area (TPSA) is 123 Å². The van der Waals surface area contributed by atoms with Crippen LogP contribution in [0.3, 0.4) is 0 Å². The maximum atomic E-state index is 12.5. The van der Waals surface area contributed by atoms with E-state index in [9.17, 15) is 14.4 Å². The lowest BCUT2D eigenvalue weighted by molar-refractivity contribution is -0.129. The van der Waals surface area contributed by atoms with E-state index in [-0.39, 0.29) is 18.2 Å². The number of benzene rings is 1. The van der Waals surface area contributed by atoms with Crippen molar-refractivity contribution in [1.29, 1.82) is 0 Å². The Morgan fingerprint density at radius 3 is 2.39 bits per heavy atom. The first-order valence-corrected chi connectivity index (χ1v) is 10.4. The van der Waals surface area contributed by atoms with Crippen LogP contribution in [0.5, 0.6) is 0 Å². The highest BCUT2D eigenvalue weighted by atomic mass is 16.5. The van der Waals surface area contributed by atoms with E-state index in [2.05, 4.69) is 15.6 Å². The van der Waals surface area contributed by atoms with Gasteiger partial charge in [-0.25, -0.2) is 5.48 Å². The van der Waals surface area contributed by atoms with E-state index < -0.39 is 5.91 Å². The van der Waals surface area contributed by atoms with Gasteiger partial charge in [-0.1, -0.05) is 12.8 Å². The molecule has 0 spiro atoms. The number of hydrogen-bond donors (Lipinski definition) is 5. The van der Waals surface area contributed by atoms with Crippen LogP contribution in [0.25, 0.3) is 11.6 Å². The number of carbonyl (C=O) groups excluding carboxylic acids is 3. The number of rotatable bonds is 9. The molecule has 5 N–H and O–H groups in total. The van der Waals surface area contributed by atoms with Gasteiger partial charge in [0.1, 0.15) is 0 Å². The van der Waals surface area contributed by atoms with Gasteiger partial charge in [0.25, 0.3) is 5.91 Å². The standard InChI is InChI=1S/C23H28N4O4/c1-14-11-15(2)24-20(14)13-18-17-12-16(9-10-19(17)26-23(18)30)25-21(28)7-5-3-4-6-8-22(29)27-31/h9-13,24,31H,3-8H2,1-2H3,(H,25,28)(H,26,30)(H,27,29)/b18-13-. The molecule has 1 aromatic heterocycles. The Hall–Kier alpha value is -3.39. The van der Waals surface area contributed by atoms with E-state index in [1.165, 1.54) is 0 Å². The second-order valence-corrected chi connectivity index (χ2v) is 7.82. The Bertz CT molecular complexity index is 1020. The van der Waals surface area contributed by atoms with Crippen LogP contribution in [0.1, 0.15) is 61.0 Å². The van der Waals surface area contributed by atoms with E-state index >= 15 is 0 Å². The Balaban J connectivity index is 1.58. The van der Waals surface area contributed by atoms with E-state index in [0.29, 0.717) is 30.5 Å². The molecule has 0 radical (unpaired) electrons. The molecule has 8 heteroatoms. The van der Waals surface area contributed by atoms with Gasteiger partial charge in [0.15, 0.2) is 0 Å². The van der Waals surface area contributed by atoms with Gasteiger partial charge in [-0.3, -0.25) is 19.6 Å². The van der Waals surface area contributed by atoms with Crippen LogP contribution in [0.15, 0.2) is 24.3 Å². The largest absolute Gasteiger partial charge is 0.359 e. The molecule has 0 fully saturated rings. The fourth-order valence-electron chi connectivity index (χ4n) is 3.66. The molecule has 8 nitrogen and oxygen atoms in total. The average Bonchev–Trinajstić information content (AvgIpc) is 3.22. The van der Waals surface area contributed by atoms with Crippen LogP contribution in [0, 0.1) is 13.8 Å². The van der Waals surface area contributed by atoms with Crippen molar-refractivity contribution in [2.24, 2.45) is 0 Å². The van der Waals surface area contributed by atoms with Crippen molar-refractivity contribution in [3.63, 3.8) is 0 Å². The van der Waals surface area contributed by atoms with Crippen molar-refractivity contribution < 1.29 is 19.6 Å². The zero-order chi connectivity index (χ0) is 22.4. The van der Waals surface area contributed by atoms with Gasteiger partial charge in [-0.2, -0.15) is 0 Å². The van der Waals surface area contributed by atoms with E-state index in [1.54, 1.807) is 17.6 Å². The Kier molecular flexibility index (Phi) is 7.25. The average molecular weight is 425 g/mol. The van der Waals surface area contributed by atoms with E-state index in [1.807, 2.05) is 32.1 Å². The Morgan fingerprint density at radius 2 is 1.74 bits per heavy atom. The molecule has 0 aliphatic carbocycles. The van der Waals surface area contributed by atoms with Crippen molar-refractivity contribution >= 4 is 40.7 Å². The maximum absolute atomic E-state index is 12.5. The quantitative estimate of drug-likeness (QED) is 0.181. The highest BCUT2D eigenvalue weighted by Gasteiger charge is 2.25. The molecule has 31 heavy (non-hydrogen) atoms. The number of H-pyrrole nitrogens is 1. The number of hydroxylamine groups is 1. The third-order valence-electron chi connectivity index (χ3n) is 5.25. The van der Waals surface area contributed by atoms with Crippen LogP contribution < -0.4 is 16.1 Å². The number of unbranched alkanes of at least 4 members (excludes halogenated alkanes) is 3. The molecule has 3 amide bonds. The third-order valence-corrected chi connectivity index (χ3v) is 5.25. The van der Waals surface area contributed by atoms with Gasteiger partial charge in [0.05, 0.1) is 5.57 Å². The van der Waals surface area contributed by atoms with Crippen LogP contribution >= 0.6 is 0 Å². The van der Waals surface area contributed by atoms with Gasteiger partial charge in [-0.05, 0) is 62.6 Å². The third kappa shape index (κ3) is 5.82. The SMILES string of the molecule is Cc1cc(C)c(/C=C2\C(=O)Nc3ccc(NC(=O)CCCCCCC(=O)NO)cc32)[nH]1. The zero-order valence-corrected chi connectivity index (χ0v) is 17.8. The van der Waals surface area contributed by atoms with Gasteiger partial charge in [0.2, 0.25) is 11.8 Å². The number of anilines is 2. The molecule has 2 heterocycles. The Morgan fingerprint density at radius 1 is 1.03 bits per heavy atom. The number of nitrogens with one attached hydrogen (secondary N) is 4. The maximum Gasteiger partial charge on any atom is 0.256 e. The van der Waals surface area contributed by atoms with Crippen molar-refractivity contribution in [2.45, 2.75) is 52.4 Å². The minimum atomic E-state index is -0.391. The Labute approximate surface area is 181 Å². The summed E-state index contributed by atoms with van der Waals surface area (Å²) in [6.07, 6.45) is 5.54. The fourth-order valence-corrected chi connectivity index (χ4v) is 3.66. The molecule has 1 aromatic carbocycles. The first-order valence-electron chi connectivity index (χ1n) is 10.4. The predicted molar refractivity (Wildman–Crippen MR) is 119 cm³/mol. The summed E-state index contributed by atoms with van der Waals surface area (Å²) in [5, 5.41) is 14.2. The number of amides is 3. The van der Waals surface area contributed by atoms with Gasteiger partial charge >= 0.3 is 0 Å². The summed E-state index contributed by atoms with van der Waals surface area (Å²) in [7, 11) is 0. The highest BCUT2D eigenvalue weighted by molar-refractivity contribution is 6.35. The van der Waals surface area contributed by atoms with E-state index in [4.69, 9.17) is 5.21 Å². The summed E-state index contributed by atoms with van der Waals surface area (Å²) in [5.74, 6) is -0.649. The first-order chi connectivity index (χ1) is 14.9. The highest BCUT2D eigenvalue weighted by Crippen LogP contribution is 2.35. The number of hydrogen-bond acceptors (Lipinski definition) is 4. The van der Waals surface area contributed by atoms with Crippen LogP contribution in [-0.4, -0.2) is 27.9 Å².